The number of fused-ring (bicyclic) bond motifs is 2. The van der Waals surface area contributed by atoms with Crippen molar-refractivity contribution in [2.75, 3.05) is 0 Å². The summed E-state index contributed by atoms with van der Waals surface area (Å²) in [4.78, 5) is 15.5. The maximum Gasteiger partial charge on any atom is 0.238 e. The number of nitrogens with zero attached hydrogens (tertiary/aromatic N) is 4. The topological polar surface area (TPSA) is 43.6 Å². The first-order valence-corrected chi connectivity index (χ1v) is 15.9. The predicted molar refractivity (Wildman–Crippen MR) is 192 cm³/mol. The predicted octanol–water partition coefficient (Wildman–Crippen LogP) is 10.8. The lowest BCUT2D eigenvalue weighted by molar-refractivity contribution is 0.953. The zero-order valence-electron chi connectivity index (χ0n) is 25.3. The van der Waals surface area contributed by atoms with Gasteiger partial charge in [0.05, 0.1) is 11.0 Å². The van der Waals surface area contributed by atoms with E-state index in [1.165, 1.54) is 43.8 Å². The smallest absolute Gasteiger partial charge is 0.238 e. The summed E-state index contributed by atoms with van der Waals surface area (Å²) in [5.74, 6) is 1.87. The molecule has 10 rings (SSSR count). The Labute approximate surface area is 271 Å². The number of aromatic nitrogens is 4. The van der Waals surface area contributed by atoms with Crippen LogP contribution < -0.4 is 0 Å². The molecule has 1 aliphatic carbocycles. The standard InChI is InChI=1S/C43H26N4/c1-3-12-27(13-4-1)30-18-7-19-31(26-30)42-44-41(29-14-5-2-6-15-29)45-43(46-42)47-36-24-10-22-34-32-20-8-16-28-17-9-21-33(38(28)32)35-23-11-25-37(47)40(35)39(34)36/h1-26H. The van der Waals surface area contributed by atoms with Crippen molar-refractivity contribution in [3.63, 3.8) is 0 Å². The molecule has 0 atom stereocenters. The minimum Gasteiger partial charge on any atom is -0.278 e. The molecule has 0 unspecified atom stereocenters. The largest absolute Gasteiger partial charge is 0.278 e. The van der Waals surface area contributed by atoms with Crippen LogP contribution in [0.1, 0.15) is 0 Å². The number of rotatable bonds is 4. The first kappa shape index (κ1) is 25.9. The highest BCUT2D eigenvalue weighted by Crippen LogP contribution is 2.49. The Kier molecular flexibility index (Phi) is 5.54. The summed E-state index contributed by atoms with van der Waals surface area (Å²) in [7, 11) is 0. The maximum atomic E-state index is 5.23. The molecule has 0 radical (unpaired) electrons. The molecule has 47 heavy (non-hydrogen) atoms. The zero-order valence-corrected chi connectivity index (χ0v) is 25.3. The van der Waals surface area contributed by atoms with E-state index in [9.17, 15) is 0 Å². The molecular formula is C43H26N4. The molecule has 2 aromatic heterocycles. The van der Waals surface area contributed by atoms with Crippen molar-refractivity contribution in [3.8, 4) is 62.1 Å². The summed E-state index contributed by atoms with van der Waals surface area (Å²) in [6.45, 7) is 0. The summed E-state index contributed by atoms with van der Waals surface area (Å²) in [5.41, 5.74) is 11.2. The van der Waals surface area contributed by atoms with Crippen LogP contribution in [0.25, 0.3) is 94.7 Å². The molecule has 4 heteroatoms. The highest BCUT2D eigenvalue weighted by molar-refractivity contribution is 6.27. The molecular weight excluding hydrogens is 573 g/mol. The van der Waals surface area contributed by atoms with E-state index in [4.69, 9.17) is 15.0 Å². The second kappa shape index (κ2) is 10.1. The Bertz CT molecular complexity index is 2580. The Morgan fingerprint density at radius 3 is 1.43 bits per heavy atom. The zero-order chi connectivity index (χ0) is 30.9. The molecule has 1 aliphatic rings. The van der Waals surface area contributed by atoms with Gasteiger partial charge in [-0.05, 0) is 62.4 Å². The second-order valence-electron chi connectivity index (χ2n) is 12.0. The summed E-state index contributed by atoms with van der Waals surface area (Å²) in [6, 6.07) is 55.5. The van der Waals surface area contributed by atoms with Crippen LogP contribution in [-0.2, 0) is 0 Å². The fourth-order valence-corrected chi connectivity index (χ4v) is 7.34. The summed E-state index contributed by atoms with van der Waals surface area (Å²) >= 11 is 0. The van der Waals surface area contributed by atoms with Crippen LogP contribution in [0.4, 0.5) is 0 Å². The van der Waals surface area contributed by atoms with Gasteiger partial charge in [-0.2, -0.15) is 9.97 Å². The van der Waals surface area contributed by atoms with Gasteiger partial charge < -0.3 is 0 Å². The van der Waals surface area contributed by atoms with Crippen LogP contribution in [0.5, 0.6) is 0 Å². The fourth-order valence-electron chi connectivity index (χ4n) is 7.34. The highest BCUT2D eigenvalue weighted by atomic mass is 15.2. The van der Waals surface area contributed by atoms with Gasteiger partial charge in [-0.15, -0.1) is 0 Å². The van der Waals surface area contributed by atoms with Crippen LogP contribution in [-0.4, -0.2) is 19.5 Å². The van der Waals surface area contributed by atoms with E-state index in [0.29, 0.717) is 17.6 Å². The molecule has 7 aromatic carbocycles. The van der Waals surface area contributed by atoms with E-state index in [-0.39, 0.29) is 0 Å². The van der Waals surface area contributed by atoms with Crippen LogP contribution in [0.15, 0.2) is 158 Å². The monoisotopic (exact) mass is 598 g/mol. The molecule has 0 amide bonds. The fraction of sp³-hybridized carbons (Fsp3) is 0. The lowest BCUT2D eigenvalue weighted by Gasteiger charge is -2.14. The molecule has 0 saturated carbocycles. The van der Waals surface area contributed by atoms with Crippen LogP contribution in [0, 0.1) is 0 Å². The average Bonchev–Trinajstić information content (AvgIpc) is 3.43. The molecule has 4 nitrogen and oxygen atoms in total. The number of hydrogen-bond acceptors (Lipinski definition) is 3. The molecule has 0 saturated heterocycles. The quantitative estimate of drug-likeness (QED) is 0.202. The van der Waals surface area contributed by atoms with E-state index in [2.05, 4.69) is 138 Å². The maximum absolute atomic E-state index is 5.23. The Morgan fingerprint density at radius 1 is 0.340 bits per heavy atom. The average molecular weight is 599 g/mol. The first-order valence-electron chi connectivity index (χ1n) is 15.9. The van der Waals surface area contributed by atoms with Crippen molar-refractivity contribution in [1.82, 2.24) is 19.5 Å². The molecule has 0 bridgehead atoms. The van der Waals surface area contributed by atoms with E-state index in [1.807, 2.05) is 24.3 Å². The van der Waals surface area contributed by atoms with Crippen molar-refractivity contribution in [1.29, 1.82) is 0 Å². The normalized spacial score (nSPS) is 11.8. The van der Waals surface area contributed by atoms with Gasteiger partial charge in [0.15, 0.2) is 11.6 Å². The van der Waals surface area contributed by atoms with Gasteiger partial charge in [-0.3, -0.25) is 4.57 Å². The molecule has 2 heterocycles. The first-order chi connectivity index (χ1) is 23.3. The van der Waals surface area contributed by atoms with Crippen molar-refractivity contribution in [2.24, 2.45) is 0 Å². The van der Waals surface area contributed by atoms with Gasteiger partial charge in [0, 0.05) is 21.9 Å². The SMILES string of the molecule is c1ccc(-c2cccc(-c3nc(-c4ccccc4)nc(-n4c5cccc6c5c5c(cccc54)-c4cccc5cccc-6c45)n3)c2)cc1. The third-order valence-electron chi connectivity index (χ3n) is 9.39. The van der Waals surface area contributed by atoms with E-state index in [1.54, 1.807) is 0 Å². The van der Waals surface area contributed by atoms with E-state index >= 15 is 0 Å². The van der Waals surface area contributed by atoms with Crippen molar-refractivity contribution < 1.29 is 0 Å². The van der Waals surface area contributed by atoms with Crippen LogP contribution >= 0.6 is 0 Å². The van der Waals surface area contributed by atoms with Crippen LogP contribution in [0.3, 0.4) is 0 Å². The van der Waals surface area contributed by atoms with Gasteiger partial charge >= 0.3 is 0 Å². The third-order valence-corrected chi connectivity index (χ3v) is 9.39. The minimum atomic E-state index is 0.598. The molecule has 9 aromatic rings. The van der Waals surface area contributed by atoms with Crippen molar-refractivity contribution >= 4 is 32.6 Å². The van der Waals surface area contributed by atoms with Crippen LogP contribution in [0.2, 0.25) is 0 Å². The van der Waals surface area contributed by atoms with Gasteiger partial charge in [0.2, 0.25) is 5.95 Å². The minimum absolute atomic E-state index is 0.598. The lowest BCUT2D eigenvalue weighted by atomic mass is 9.93. The number of hydrogen-bond donors (Lipinski definition) is 0. The summed E-state index contributed by atoms with van der Waals surface area (Å²) in [6.07, 6.45) is 0. The van der Waals surface area contributed by atoms with Gasteiger partial charge in [-0.25, -0.2) is 4.98 Å². The van der Waals surface area contributed by atoms with Gasteiger partial charge in [0.1, 0.15) is 0 Å². The Hall–Kier alpha value is -6.39. The molecule has 0 aliphatic heterocycles. The molecule has 0 fully saturated rings. The van der Waals surface area contributed by atoms with Crippen molar-refractivity contribution in [3.05, 3.63) is 158 Å². The lowest BCUT2D eigenvalue weighted by Crippen LogP contribution is -2.06. The van der Waals surface area contributed by atoms with E-state index in [0.717, 1.165) is 33.3 Å². The summed E-state index contributed by atoms with van der Waals surface area (Å²) < 4.78 is 2.23. The Balaban J connectivity index is 1.28. The van der Waals surface area contributed by atoms with Crippen molar-refractivity contribution in [2.45, 2.75) is 0 Å². The van der Waals surface area contributed by atoms with Gasteiger partial charge in [-0.1, -0.05) is 140 Å². The molecule has 218 valence electrons. The Morgan fingerprint density at radius 2 is 0.809 bits per heavy atom. The number of benzene rings is 7. The second-order valence-corrected chi connectivity index (χ2v) is 12.0. The van der Waals surface area contributed by atoms with E-state index < -0.39 is 0 Å². The summed E-state index contributed by atoms with van der Waals surface area (Å²) in [5, 5.41) is 4.98. The molecule has 0 N–H and O–H groups in total. The van der Waals surface area contributed by atoms with Gasteiger partial charge in [0.25, 0.3) is 0 Å². The third kappa shape index (κ3) is 3.92. The highest BCUT2D eigenvalue weighted by Gasteiger charge is 2.25. The molecule has 0 spiro atoms.